The monoisotopic (exact) mass is 230 g/mol. The minimum Gasteiger partial charge on any atom is -0.389 e. The van der Waals surface area contributed by atoms with Gasteiger partial charge in [0.15, 0.2) is 0 Å². The number of aliphatic hydroxyl groups is 1. The Morgan fingerprint density at radius 2 is 2.31 bits per heavy atom. The summed E-state index contributed by atoms with van der Waals surface area (Å²) in [6.45, 7) is 7.98. The van der Waals surface area contributed by atoms with Gasteiger partial charge in [0, 0.05) is 26.2 Å². The number of hydrogen-bond donors (Lipinski definition) is 2. The third-order valence-electron chi connectivity index (χ3n) is 3.27. The molecular weight excluding hydrogens is 204 g/mol. The Morgan fingerprint density at radius 3 is 2.94 bits per heavy atom. The first kappa shape index (κ1) is 13.9. The molecule has 0 bridgehead atoms. The average Bonchev–Trinajstić information content (AvgIpc) is 2.28. The summed E-state index contributed by atoms with van der Waals surface area (Å²) in [4.78, 5) is 2.37. The summed E-state index contributed by atoms with van der Waals surface area (Å²) < 4.78 is 5.64. The highest BCUT2D eigenvalue weighted by molar-refractivity contribution is 4.78. The zero-order valence-electron chi connectivity index (χ0n) is 10.6. The first-order valence-electron chi connectivity index (χ1n) is 6.34. The van der Waals surface area contributed by atoms with Crippen molar-refractivity contribution in [2.45, 2.75) is 44.8 Å². The van der Waals surface area contributed by atoms with E-state index in [9.17, 15) is 5.11 Å². The molecule has 0 spiro atoms. The van der Waals surface area contributed by atoms with E-state index < -0.39 is 5.60 Å². The van der Waals surface area contributed by atoms with E-state index in [0.29, 0.717) is 12.6 Å². The van der Waals surface area contributed by atoms with Crippen LogP contribution in [-0.2, 0) is 4.74 Å². The Kier molecular flexibility index (Phi) is 5.69. The second kappa shape index (κ2) is 6.55. The number of nitrogens with two attached hydrogens (primary N) is 1. The lowest BCUT2D eigenvalue weighted by atomic mass is 10.0. The van der Waals surface area contributed by atoms with Gasteiger partial charge in [0.2, 0.25) is 0 Å². The third-order valence-corrected chi connectivity index (χ3v) is 3.27. The Hall–Kier alpha value is -0.160. The van der Waals surface area contributed by atoms with E-state index in [1.54, 1.807) is 6.92 Å². The van der Waals surface area contributed by atoms with Crippen molar-refractivity contribution in [2.24, 2.45) is 5.73 Å². The molecule has 0 radical (unpaired) electrons. The molecule has 0 aliphatic carbocycles. The van der Waals surface area contributed by atoms with Crippen molar-refractivity contribution in [1.82, 2.24) is 4.90 Å². The van der Waals surface area contributed by atoms with Crippen molar-refractivity contribution >= 4 is 0 Å². The van der Waals surface area contributed by atoms with E-state index in [0.717, 1.165) is 39.1 Å². The molecule has 0 amide bonds. The quantitative estimate of drug-likeness (QED) is 0.701. The van der Waals surface area contributed by atoms with Crippen molar-refractivity contribution in [3.05, 3.63) is 0 Å². The molecule has 1 rings (SSSR count). The van der Waals surface area contributed by atoms with E-state index in [-0.39, 0.29) is 0 Å². The van der Waals surface area contributed by atoms with Gasteiger partial charge in [0.1, 0.15) is 0 Å². The highest BCUT2D eigenvalue weighted by Crippen LogP contribution is 2.15. The van der Waals surface area contributed by atoms with Crippen LogP contribution in [0.3, 0.4) is 0 Å². The summed E-state index contributed by atoms with van der Waals surface area (Å²) >= 11 is 0. The van der Waals surface area contributed by atoms with Crippen LogP contribution < -0.4 is 5.73 Å². The minimum atomic E-state index is -0.724. The van der Waals surface area contributed by atoms with E-state index in [1.165, 1.54) is 6.42 Å². The summed E-state index contributed by atoms with van der Waals surface area (Å²) in [5.74, 6) is 0. The predicted octanol–water partition coefficient (Wildman–Crippen LogP) is 0.587. The summed E-state index contributed by atoms with van der Waals surface area (Å²) in [7, 11) is 0. The maximum Gasteiger partial charge on any atom is 0.0753 e. The second-order valence-electron chi connectivity index (χ2n) is 4.97. The number of likely N-dealkylation sites (tertiary alicyclic amines) is 1. The molecule has 2 atom stereocenters. The summed E-state index contributed by atoms with van der Waals surface area (Å²) in [5.41, 5.74) is 4.78. The van der Waals surface area contributed by atoms with Crippen LogP contribution in [0, 0.1) is 0 Å². The van der Waals surface area contributed by atoms with Crippen LogP contribution in [0.2, 0.25) is 0 Å². The fourth-order valence-electron chi connectivity index (χ4n) is 2.09. The molecule has 4 nitrogen and oxygen atoms in total. The molecule has 0 aromatic carbocycles. The van der Waals surface area contributed by atoms with Crippen LogP contribution in [0.15, 0.2) is 0 Å². The van der Waals surface area contributed by atoms with Crippen LogP contribution in [0.25, 0.3) is 0 Å². The van der Waals surface area contributed by atoms with Gasteiger partial charge in [-0.1, -0.05) is 0 Å². The Bertz CT molecular complexity index is 195. The van der Waals surface area contributed by atoms with Gasteiger partial charge >= 0.3 is 0 Å². The van der Waals surface area contributed by atoms with Crippen LogP contribution in [0.5, 0.6) is 0 Å². The fourth-order valence-corrected chi connectivity index (χ4v) is 2.09. The molecule has 16 heavy (non-hydrogen) atoms. The molecule has 1 heterocycles. The van der Waals surface area contributed by atoms with Gasteiger partial charge in [-0.15, -0.1) is 0 Å². The minimum absolute atomic E-state index is 0.329. The fraction of sp³-hybridized carbons (Fsp3) is 1.00. The second-order valence-corrected chi connectivity index (χ2v) is 4.97. The lowest BCUT2D eigenvalue weighted by molar-refractivity contribution is -0.00632. The highest BCUT2D eigenvalue weighted by atomic mass is 16.5. The predicted molar refractivity (Wildman–Crippen MR) is 65.4 cm³/mol. The lowest BCUT2D eigenvalue weighted by Gasteiger charge is -2.34. The molecule has 4 heteroatoms. The Labute approximate surface area is 98.8 Å². The number of hydrogen-bond acceptors (Lipinski definition) is 4. The molecule has 0 saturated carbocycles. The average molecular weight is 230 g/mol. The van der Waals surface area contributed by atoms with Crippen molar-refractivity contribution in [1.29, 1.82) is 0 Å². The third kappa shape index (κ3) is 4.78. The number of ether oxygens (including phenoxy) is 1. The first-order chi connectivity index (χ1) is 7.57. The molecule has 1 aliphatic heterocycles. The van der Waals surface area contributed by atoms with Gasteiger partial charge in [0.05, 0.1) is 11.7 Å². The lowest BCUT2D eigenvalue weighted by Crippen LogP contribution is -2.44. The molecule has 1 aliphatic rings. The Morgan fingerprint density at radius 1 is 1.56 bits per heavy atom. The van der Waals surface area contributed by atoms with Gasteiger partial charge in [-0.3, -0.25) is 0 Å². The molecule has 96 valence electrons. The summed E-state index contributed by atoms with van der Waals surface area (Å²) in [6.07, 6.45) is 3.47. The van der Waals surface area contributed by atoms with Crippen molar-refractivity contribution in [3.8, 4) is 0 Å². The maximum atomic E-state index is 9.84. The molecule has 3 N–H and O–H groups in total. The zero-order valence-corrected chi connectivity index (χ0v) is 10.6. The normalized spacial score (nSPS) is 26.6. The molecule has 0 aromatic rings. The van der Waals surface area contributed by atoms with E-state index in [4.69, 9.17) is 10.5 Å². The highest BCUT2D eigenvalue weighted by Gasteiger charge is 2.23. The van der Waals surface area contributed by atoms with Gasteiger partial charge in [-0.25, -0.2) is 0 Å². The molecular formula is C12H26N2O2. The van der Waals surface area contributed by atoms with Gasteiger partial charge in [0.25, 0.3) is 0 Å². The largest absolute Gasteiger partial charge is 0.389 e. The summed E-state index contributed by atoms with van der Waals surface area (Å²) in [5, 5.41) is 9.84. The van der Waals surface area contributed by atoms with Crippen molar-refractivity contribution in [2.75, 3.05) is 32.8 Å². The number of rotatable bonds is 6. The molecule has 0 aromatic heterocycles. The number of piperidine rings is 1. The molecule has 1 saturated heterocycles. The zero-order chi connectivity index (χ0) is 12.0. The van der Waals surface area contributed by atoms with E-state index in [2.05, 4.69) is 4.90 Å². The molecule has 1 fully saturated rings. The van der Waals surface area contributed by atoms with E-state index in [1.807, 2.05) is 6.92 Å². The topological polar surface area (TPSA) is 58.7 Å². The SMILES string of the molecule is CCOC1CCCN(CCC(C)(O)CN)C1. The Balaban J connectivity index is 2.26. The number of nitrogens with zero attached hydrogens (tertiary/aromatic N) is 1. The van der Waals surface area contributed by atoms with Gasteiger partial charge < -0.3 is 20.5 Å². The van der Waals surface area contributed by atoms with Crippen molar-refractivity contribution in [3.63, 3.8) is 0 Å². The van der Waals surface area contributed by atoms with Crippen LogP contribution in [0.1, 0.15) is 33.1 Å². The van der Waals surface area contributed by atoms with Gasteiger partial charge in [-0.05, 0) is 39.7 Å². The van der Waals surface area contributed by atoms with Gasteiger partial charge in [-0.2, -0.15) is 0 Å². The molecule has 2 unspecified atom stereocenters. The van der Waals surface area contributed by atoms with Crippen LogP contribution in [-0.4, -0.2) is 54.5 Å². The van der Waals surface area contributed by atoms with Crippen LogP contribution >= 0.6 is 0 Å². The standard InChI is InChI=1S/C12H26N2O2/c1-3-16-11-5-4-7-14(9-11)8-6-12(2,15)10-13/h11,15H,3-10,13H2,1-2H3. The smallest absolute Gasteiger partial charge is 0.0753 e. The first-order valence-corrected chi connectivity index (χ1v) is 6.34. The van der Waals surface area contributed by atoms with Crippen LogP contribution in [0.4, 0.5) is 0 Å². The van der Waals surface area contributed by atoms with E-state index >= 15 is 0 Å². The summed E-state index contributed by atoms with van der Waals surface area (Å²) in [6, 6.07) is 0. The van der Waals surface area contributed by atoms with Crippen molar-refractivity contribution < 1.29 is 9.84 Å². The maximum absolute atomic E-state index is 9.84.